The van der Waals surface area contributed by atoms with E-state index in [1.165, 1.54) is 38.0 Å². The maximum atomic E-state index is 14.3. The number of fused-ring (bicyclic) bond motifs is 1. The van der Waals surface area contributed by atoms with Gasteiger partial charge in [-0.2, -0.15) is 28.5 Å². The Morgan fingerprint density at radius 1 is 1.05 bits per heavy atom. The van der Waals surface area contributed by atoms with Crippen LogP contribution in [0.25, 0.3) is 22.3 Å². The van der Waals surface area contributed by atoms with Crippen molar-refractivity contribution in [2.24, 2.45) is 0 Å². The molecule has 14 heteroatoms. The van der Waals surface area contributed by atoms with Crippen LogP contribution >= 0.6 is 11.6 Å². The Balaban J connectivity index is 1.54. The summed E-state index contributed by atoms with van der Waals surface area (Å²) in [5.74, 6) is -0.862. The van der Waals surface area contributed by atoms with Crippen LogP contribution in [0.2, 0.25) is 5.02 Å². The number of aromatic nitrogens is 7. The number of amides is 1. The number of nitrogens with one attached hydrogen (secondary N) is 1. The summed E-state index contributed by atoms with van der Waals surface area (Å²) in [6.07, 6.45) is 1.29. The monoisotopic (exact) mass is 528 g/mol. The fraction of sp³-hybridized carbons (Fsp3) is 0.130. The third-order valence-corrected chi connectivity index (χ3v) is 5.61. The van der Waals surface area contributed by atoms with Gasteiger partial charge in [0.25, 0.3) is 5.91 Å². The van der Waals surface area contributed by atoms with Crippen molar-refractivity contribution in [3.05, 3.63) is 83.3 Å². The van der Waals surface area contributed by atoms with Gasteiger partial charge in [-0.25, -0.2) is 9.67 Å². The highest BCUT2D eigenvalue weighted by Crippen LogP contribution is 2.36. The lowest BCUT2D eigenvalue weighted by atomic mass is 10.1. The number of benzene rings is 1. The number of hydrogen-bond acceptors (Lipinski definition) is 7. The molecule has 10 nitrogen and oxygen atoms in total. The van der Waals surface area contributed by atoms with E-state index in [1.54, 1.807) is 24.3 Å². The first kappa shape index (κ1) is 24.3. The highest BCUT2D eigenvalue weighted by molar-refractivity contribution is 6.32. The van der Waals surface area contributed by atoms with Gasteiger partial charge in [-0.05, 0) is 6.07 Å². The topological polar surface area (TPSA) is 113 Å². The standard InChI is InChI=1S/C23H16ClF3N8O2/c1-37-12-18-14-4-2-3-5-15(14)19(11-28-18)34-20(23(25,26)27)16(10-32-34)22(36)33-13-8-17(24)21(29-9-13)35-30-6-7-31-35/h2-11H,12H2,1H3,(H,33,36). The molecule has 0 aliphatic rings. The summed E-state index contributed by atoms with van der Waals surface area (Å²) < 4.78 is 48.6. The number of halogens is 4. The van der Waals surface area contributed by atoms with Crippen LogP contribution in [-0.2, 0) is 17.5 Å². The molecule has 0 unspecified atom stereocenters. The fourth-order valence-electron chi connectivity index (χ4n) is 3.80. The summed E-state index contributed by atoms with van der Waals surface area (Å²) in [5.41, 5.74) is -1.26. The number of alkyl halides is 3. The van der Waals surface area contributed by atoms with Crippen LogP contribution in [-0.4, -0.2) is 47.8 Å². The molecule has 1 aromatic carbocycles. The lowest BCUT2D eigenvalue weighted by molar-refractivity contribution is -0.143. The average molecular weight is 529 g/mol. The van der Waals surface area contributed by atoms with E-state index in [9.17, 15) is 18.0 Å². The van der Waals surface area contributed by atoms with Crippen LogP contribution in [0.5, 0.6) is 0 Å². The minimum atomic E-state index is -4.92. The third kappa shape index (κ3) is 4.61. The van der Waals surface area contributed by atoms with Crippen molar-refractivity contribution in [3.63, 3.8) is 0 Å². The van der Waals surface area contributed by atoms with E-state index in [-0.39, 0.29) is 28.8 Å². The Labute approximate surface area is 211 Å². The number of ether oxygens (including phenoxy) is 1. The molecule has 0 saturated carbocycles. The molecule has 0 aliphatic heterocycles. The third-order valence-electron chi connectivity index (χ3n) is 5.34. The molecule has 0 spiro atoms. The zero-order valence-corrected chi connectivity index (χ0v) is 19.7. The molecule has 0 saturated heterocycles. The van der Waals surface area contributed by atoms with Gasteiger partial charge in [0, 0.05) is 17.9 Å². The van der Waals surface area contributed by atoms with Gasteiger partial charge in [0.15, 0.2) is 11.5 Å². The van der Waals surface area contributed by atoms with Crippen LogP contribution in [0.3, 0.4) is 0 Å². The van der Waals surface area contributed by atoms with Crippen LogP contribution in [0, 0.1) is 0 Å². The Bertz CT molecular complexity index is 1600. The van der Waals surface area contributed by atoms with Gasteiger partial charge in [0.2, 0.25) is 0 Å². The molecular formula is C23H16ClF3N8O2. The predicted molar refractivity (Wildman–Crippen MR) is 127 cm³/mol. The minimum Gasteiger partial charge on any atom is -0.378 e. The molecule has 5 aromatic rings. The summed E-state index contributed by atoms with van der Waals surface area (Å²) in [6.45, 7) is 0.172. The highest BCUT2D eigenvalue weighted by atomic mass is 35.5. The Kier molecular flexibility index (Phi) is 6.31. The summed E-state index contributed by atoms with van der Waals surface area (Å²) in [4.78, 5) is 22.5. The number of nitrogens with zero attached hydrogens (tertiary/aromatic N) is 7. The second kappa shape index (κ2) is 9.59. The summed E-state index contributed by atoms with van der Waals surface area (Å²) in [5, 5.41) is 15.3. The minimum absolute atomic E-state index is 0.0580. The van der Waals surface area contributed by atoms with E-state index in [1.807, 2.05) is 0 Å². The Hall–Kier alpha value is -4.36. The van der Waals surface area contributed by atoms with Gasteiger partial charge < -0.3 is 10.1 Å². The number of methoxy groups -OCH3 is 1. The molecule has 0 atom stereocenters. The number of pyridine rings is 2. The molecule has 188 valence electrons. The van der Waals surface area contributed by atoms with Crippen molar-refractivity contribution in [1.29, 1.82) is 0 Å². The van der Waals surface area contributed by atoms with Crippen molar-refractivity contribution in [1.82, 2.24) is 34.7 Å². The van der Waals surface area contributed by atoms with E-state index >= 15 is 0 Å². The lowest BCUT2D eigenvalue weighted by Crippen LogP contribution is -2.21. The van der Waals surface area contributed by atoms with E-state index in [4.69, 9.17) is 16.3 Å². The molecule has 37 heavy (non-hydrogen) atoms. The SMILES string of the molecule is COCc1ncc(-n2ncc(C(=O)Nc3cnc(-n4nccn4)c(Cl)c3)c2C(F)(F)F)c2ccccc12. The molecule has 5 rings (SSSR count). The van der Waals surface area contributed by atoms with Crippen molar-refractivity contribution < 1.29 is 22.7 Å². The van der Waals surface area contributed by atoms with Crippen LogP contribution < -0.4 is 5.32 Å². The van der Waals surface area contributed by atoms with Gasteiger partial charge in [-0.3, -0.25) is 9.78 Å². The average Bonchev–Trinajstić information content (AvgIpc) is 3.55. The smallest absolute Gasteiger partial charge is 0.378 e. The molecule has 1 amide bonds. The number of hydrogen-bond donors (Lipinski definition) is 1. The second-order valence-electron chi connectivity index (χ2n) is 7.69. The largest absolute Gasteiger partial charge is 0.434 e. The van der Waals surface area contributed by atoms with E-state index in [2.05, 4.69) is 30.6 Å². The Morgan fingerprint density at radius 2 is 1.78 bits per heavy atom. The van der Waals surface area contributed by atoms with Crippen molar-refractivity contribution in [2.45, 2.75) is 12.8 Å². The van der Waals surface area contributed by atoms with Crippen LogP contribution in [0.1, 0.15) is 21.7 Å². The highest BCUT2D eigenvalue weighted by Gasteiger charge is 2.41. The van der Waals surface area contributed by atoms with E-state index in [0.717, 1.165) is 11.0 Å². The lowest BCUT2D eigenvalue weighted by Gasteiger charge is -2.15. The first-order valence-electron chi connectivity index (χ1n) is 10.6. The predicted octanol–water partition coefficient (Wildman–Crippen LogP) is 4.47. The van der Waals surface area contributed by atoms with Crippen LogP contribution in [0.4, 0.5) is 18.9 Å². The number of anilines is 1. The molecular weight excluding hydrogens is 513 g/mol. The summed E-state index contributed by atoms with van der Waals surface area (Å²) in [6, 6.07) is 8.13. The summed E-state index contributed by atoms with van der Waals surface area (Å²) >= 11 is 6.20. The number of carbonyl (C=O) groups excluding carboxylic acids is 1. The maximum absolute atomic E-state index is 14.3. The van der Waals surface area contributed by atoms with Crippen molar-refractivity contribution in [2.75, 3.05) is 12.4 Å². The molecule has 4 aromatic heterocycles. The van der Waals surface area contributed by atoms with Crippen molar-refractivity contribution >= 4 is 34.0 Å². The first-order valence-corrected chi connectivity index (χ1v) is 11.0. The van der Waals surface area contributed by atoms with Gasteiger partial charge in [0.1, 0.15) is 0 Å². The van der Waals surface area contributed by atoms with Crippen molar-refractivity contribution in [3.8, 4) is 11.5 Å². The van der Waals surface area contributed by atoms with Gasteiger partial charge in [0.05, 0.1) is 65.2 Å². The fourth-order valence-corrected chi connectivity index (χ4v) is 4.04. The molecule has 0 radical (unpaired) electrons. The molecule has 0 fully saturated rings. The van der Waals surface area contributed by atoms with E-state index < -0.39 is 23.3 Å². The zero-order valence-electron chi connectivity index (χ0n) is 18.9. The molecule has 4 heterocycles. The molecule has 0 aliphatic carbocycles. The number of carbonyl (C=O) groups is 1. The summed E-state index contributed by atoms with van der Waals surface area (Å²) in [7, 11) is 1.50. The van der Waals surface area contributed by atoms with Gasteiger partial charge >= 0.3 is 6.18 Å². The molecule has 0 bridgehead atoms. The van der Waals surface area contributed by atoms with Gasteiger partial charge in [-0.15, -0.1) is 4.80 Å². The van der Waals surface area contributed by atoms with E-state index in [0.29, 0.717) is 21.1 Å². The quantitative estimate of drug-likeness (QED) is 0.346. The molecule has 1 N–H and O–H groups in total. The second-order valence-corrected chi connectivity index (χ2v) is 8.09. The number of rotatable bonds is 6. The first-order chi connectivity index (χ1) is 17.8. The van der Waals surface area contributed by atoms with Crippen LogP contribution in [0.15, 0.2) is 61.3 Å². The zero-order chi connectivity index (χ0) is 26.2. The normalized spacial score (nSPS) is 11.7. The van der Waals surface area contributed by atoms with Gasteiger partial charge in [-0.1, -0.05) is 35.9 Å². The Morgan fingerprint density at radius 3 is 2.46 bits per heavy atom. The maximum Gasteiger partial charge on any atom is 0.434 e.